The average Bonchev–Trinajstić information content (AvgIpc) is 3.49. The van der Waals surface area contributed by atoms with Crippen LogP contribution in [0.3, 0.4) is 0 Å². The highest BCUT2D eigenvalue weighted by atomic mass is 32.1. The number of thiophene rings is 1. The first-order valence-electron chi connectivity index (χ1n) is 10.3. The molecule has 2 aromatic heterocycles. The third-order valence-corrected chi connectivity index (χ3v) is 6.40. The quantitative estimate of drug-likeness (QED) is 0.570. The highest BCUT2D eigenvalue weighted by Gasteiger charge is 2.30. The van der Waals surface area contributed by atoms with Crippen molar-refractivity contribution in [2.45, 2.75) is 25.3 Å². The van der Waals surface area contributed by atoms with Gasteiger partial charge in [0.15, 0.2) is 5.96 Å². The van der Waals surface area contributed by atoms with Crippen LogP contribution in [0.2, 0.25) is 0 Å². The van der Waals surface area contributed by atoms with Crippen LogP contribution in [-0.4, -0.2) is 74.3 Å². The lowest BCUT2D eigenvalue weighted by molar-refractivity contribution is 0.0195. The van der Waals surface area contributed by atoms with E-state index < -0.39 is 0 Å². The van der Waals surface area contributed by atoms with E-state index in [1.807, 2.05) is 23.5 Å². The summed E-state index contributed by atoms with van der Waals surface area (Å²) in [5, 5.41) is 5.71. The molecular weight excluding hydrogens is 372 g/mol. The Labute approximate surface area is 171 Å². The molecule has 0 spiro atoms. The summed E-state index contributed by atoms with van der Waals surface area (Å²) in [6, 6.07) is 8.88. The molecule has 2 fully saturated rings. The predicted octanol–water partition coefficient (Wildman–Crippen LogP) is 2.48. The van der Waals surface area contributed by atoms with E-state index in [0.717, 1.165) is 77.0 Å². The van der Waals surface area contributed by atoms with E-state index in [-0.39, 0.29) is 0 Å². The summed E-state index contributed by atoms with van der Waals surface area (Å²) < 4.78 is 11.0. The largest absolute Gasteiger partial charge is 0.469 e. The molecule has 2 aliphatic rings. The Morgan fingerprint density at radius 3 is 2.89 bits per heavy atom. The summed E-state index contributed by atoms with van der Waals surface area (Å²) in [5.41, 5.74) is 0. The summed E-state index contributed by atoms with van der Waals surface area (Å²) in [7, 11) is 0. The van der Waals surface area contributed by atoms with Gasteiger partial charge in [0.25, 0.3) is 0 Å². The van der Waals surface area contributed by atoms with E-state index in [1.165, 1.54) is 11.3 Å². The van der Waals surface area contributed by atoms with Gasteiger partial charge in [0, 0.05) is 63.0 Å². The summed E-state index contributed by atoms with van der Waals surface area (Å²) in [5.74, 6) is 2.05. The summed E-state index contributed by atoms with van der Waals surface area (Å²) >= 11 is 1.81. The van der Waals surface area contributed by atoms with Crippen molar-refractivity contribution >= 4 is 17.3 Å². The molecule has 1 atom stereocenters. The Morgan fingerprint density at radius 1 is 1.18 bits per heavy atom. The van der Waals surface area contributed by atoms with Crippen LogP contribution in [0.15, 0.2) is 45.3 Å². The zero-order valence-corrected chi connectivity index (χ0v) is 17.2. The molecule has 0 aromatic carbocycles. The second-order valence-electron chi connectivity index (χ2n) is 7.33. The molecule has 4 heterocycles. The number of likely N-dealkylation sites (tertiary alicyclic amines) is 1. The number of aliphatic imine (C=N–C) groups is 1. The van der Waals surface area contributed by atoms with Gasteiger partial charge in [0.1, 0.15) is 5.76 Å². The van der Waals surface area contributed by atoms with Gasteiger partial charge >= 0.3 is 0 Å². The van der Waals surface area contributed by atoms with Gasteiger partial charge in [-0.2, -0.15) is 0 Å². The maximum absolute atomic E-state index is 5.51. The van der Waals surface area contributed by atoms with Crippen molar-refractivity contribution in [3.05, 3.63) is 46.5 Å². The topological polar surface area (TPSA) is 53.2 Å². The van der Waals surface area contributed by atoms with E-state index in [0.29, 0.717) is 6.04 Å². The van der Waals surface area contributed by atoms with Crippen molar-refractivity contribution in [1.82, 2.24) is 15.1 Å². The minimum atomic E-state index is 0.610. The maximum atomic E-state index is 5.51. The van der Waals surface area contributed by atoms with E-state index in [1.54, 1.807) is 6.26 Å². The Kier molecular flexibility index (Phi) is 7.02. The van der Waals surface area contributed by atoms with Gasteiger partial charge in [-0.1, -0.05) is 6.07 Å². The molecule has 2 aromatic rings. The number of hydrogen-bond donors (Lipinski definition) is 1. The van der Waals surface area contributed by atoms with Crippen LogP contribution >= 0.6 is 11.3 Å². The Bertz CT molecular complexity index is 711. The summed E-state index contributed by atoms with van der Waals surface area (Å²) in [6.07, 6.45) is 4.81. The monoisotopic (exact) mass is 402 g/mol. The number of ether oxygens (including phenoxy) is 1. The third-order valence-electron chi connectivity index (χ3n) is 5.46. The molecule has 4 rings (SSSR count). The standard InChI is InChI=1S/C21H30N4O2S/c1-3-19(27-13-1)5-8-22-21(23-9-6-20-4-2-16-28-20)25-10-7-18(17-25)24-11-14-26-15-12-24/h1-4,13,16,18H,5-12,14-15,17H2,(H,22,23). The molecule has 0 saturated carbocycles. The van der Waals surface area contributed by atoms with Gasteiger partial charge in [0.05, 0.1) is 19.5 Å². The number of morpholine rings is 1. The van der Waals surface area contributed by atoms with Crippen molar-refractivity contribution in [1.29, 1.82) is 0 Å². The highest BCUT2D eigenvalue weighted by Crippen LogP contribution is 2.17. The molecule has 0 amide bonds. The van der Waals surface area contributed by atoms with Crippen LogP contribution in [0.5, 0.6) is 0 Å². The summed E-state index contributed by atoms with van der Waals surface area (Å²) in [6.45, 7) is 7.59. The van der Waals surface area contributed by atoms with Crippen molar-refractivity contribution in [2.24, 2.45) is 4.99 Å². The predicted molar refractivity (Wildman–Crippen MR) is 113 cm³/mol. The van der Waals surface area contributed by atoms with Crippen LogP contribution in [0, 0.1) is 0 Å². The van der Waals surface area contributed by atoms with Gasteiger partial charge in [-0.25, -0.2) is 0 Å². The second kappa shape index (κ2) is 10.1. The Hall–Kier alpha value is -1.83. The number of hydrogen-bond acceptors (Lipinski definition) is 5. The van der Waals surface area contributed by atoms with Crippen molar-refractivity contribution in [2.75, 3.05) is 52.5 Å². The van der Waals surface area contributed by atoms with Crippen LogP contribution in [0.1, 0.15) is 17.1 Å². The van der Waals surface area contributed by atoms with Crippen LogP contribution < -0.4 is 5.32 Å². The van der Waals surface area contributed by atoms with Crippen LogP contribution in [0.25, 0.3) is 0 Å². The molecule has 28 heavy (non-hydrogen) atoms. The van der Waals surface area contributed by atoms with E-state index in [4.69, 9.17) is 14.1 Å². The minimum absolute atomic E-state index is 0.610. The first-order valence-corrected chi connectivity index (χ1v) is 11.2. The fourth-order valence-electron chi connectivity index (χ4n) is 3.92. The molecular formula is C21H30N4O2S. The number of nitrogens with one attached hydrogen (secondary N) is 1. The Morgan fingerprint density at radius 2 is 2.11 bits per heavy atom. The molecule has 7 heteroatoms. The normalized spacial score (nSPS) is 21.4. The fraction of sp³-hybridized carbons (Fsp3) is 0.571. The van der Waals surface area contributed by atoms with E-state index in [2.05, 4.69) is 32.6 Å². The average molecular weight is 403 g/mol. The van der Waals surface area contributed by atoms with Crippen molar-refractivity contribution < 1.29 is 9.15 Å². The Balaban J connectivity index is 1.33. The van der Waals surface area contributed by atoms with Crippen LogP contribution in [-0.2, 0) is 17.6 Å². The summed E-state index contributed by atoms with van der Waals surface area (Å²) in [4.78, 5) is 11.3. The number of guanidine groups is 1. The van der Waals surface area contributed by atoms with Gasteiger partial charge in [-0.05, 0) is 30.0 Å². The lowest BCUT2D eigenvalue weighted by Gasteiger charge is -2.32. The molecule has 152 valence electrons. The first kappa shape index (κ1) is 19.5. The maximum Gasteiger partial charge on any atom is 0.194 e. The lowest BCUT2D eigenvalue weighted by atomic mass is 10.2. The zero-order chi connectivity index (χ0) is 19.0. The lowest BCUT2D eigenvalue weighted by Crippen LogP contribution is -2.47. The zero-order valence-electron chi connectivity index (χ0n) is 16.4. The number of nitrogens with zero attached hydrogens (tertiary/aromatic N) is 3. The number of rotatable bonds is 7. The van der Waals surface area contributed by atoms with E-state index in [9.17, 15) is 0 Å². The SMILES string of the molecule is c1coc(CCNC(=NCCc2cccs2)N2CCC(N3CCOCC3)C2)c1. The van der Waals surface area contributed by atoms with Gasteiger partial charge in [-0.3, -0.25) is 9.89 Å². The molecule has 1 unspecified atom stereocenters. The molecule has 1 N–H and O–H groups in total. The minimum Gasteiger partial charge on any atom is -0.469 e. The van der Waals surface area contributed by atoms with Crippen LogP contribution in [0.4, 0.5) is 0 Å². The smallest absolute Gasteiger partial charge is 0.194 e. The fourth-order valence-corrected chi connectivity index (χ4v) is 4.62. The highest BCUT2D eigenvalue weighted by molar-refractivity contribution is 7.09. The molecule has 0 bridgehead atoms. The number of furan rings is 1. The van der Waals surface area contributed by atoms with Crippen molar-refractivity contribution in [3.63, 3.8) is 0 Å². The van der Waals surface area contributed by atoms with Gasteiger partial charge in [-0.15, -0.1) is 11.3 Å². The molecule has 2 aliphatic heterocycles. The second-order valence-corrected chi connectivity index (χ2v) is 8.36. The third kappa shape index (κ3) is 5.37. The van der Waals surface area contributed by atoms with Crippen molar-refractivity contribution in [3.8, 4) is 0 Å². The van der Waals surface area contributed by atoms with E-state index >= 15 is 0 Å². The molecule has 0 aliphatic carbocycles. The molecule has 6 nitrogen and oxygen atoms in total. The van der Waals surface area contributed by atoms with Gasteiger partial charge < -0.3 is 19.4 Å². The molecule has 2 saturated heterocycles. The first-order chi connectivity index (χ1) is 13.9. The van der Waals surface area contributed by atoms with Gasteiger partial charge in [0.2, 0.25) is 0 Å². The molecule has 0 radical (unpaired) electrons.